The molecule has 4 N–H and O–H groups in total. The van der Waals surface area contributed by atoms with Gasteiger partial charge in [-0.15, -0.1) is 0 Å². The third kappa shape index (κ3) is 3.40. The van der Waals surface area contributed by atoms with Crippen LogP contribution in [-0.4, -0.2) is 36.4 Å². The van der Waals surface area contributed by atoms with E-state index in [2.05, 4.69) is 0 Å². The number of rotatable bonds is 4. The van der Waals surface area contributed by atoms with Crippen molar-refractivity contribution in [1.29, 1.82) is 0 Å². The number of primary amides is 1. The molecule has 20 heavy (non-hydrogen) atoms. The van der Waals surface area contributed by atoms with Gasteiger partial charge in [0.15, 0.2) is 6.61 Å². The lowest BCUT2D eigenvalue weighted by Crippen LogP contribution is -2.38. The monoisotopic (exact) mass is 277 g/mol. The molecule has 0 atom stereocenters. The molecule has 1 fully saturated rings. The molecule has 1 saturated heterocycles. The quantitative estimate of drug-likeness (QED) is 0.794. The number of nitrogens with two attached hydrogens (primary N) is 2. The normalized spacial score (nSPS) is 14.9. The zero-order valence-corrected chi connectivity index (χ0v) is 11.3. The van der Waals surface area contributed by atoms with E-state index in [0.717, 1.165) is 32.4 Å². The Morgan fingerprint density at radius 3 is 2.55 bits per heavy atom. The van der Waals surface area contributed by atoms with Gasteiger partial charge < -0.3 is 21.1 Å². The Kier molecular flexibility index (Phi) is 4.45. The van der Waals surface area contributed by atoms with E-state index < -0.39 is 5.91 Å². The Morgan fingerprint density at radius 1 is 1.20 bits per heavy atom. The summed E-state index contributed by atoms with van der Waals surface area (Å²) in [6.07, 6.45) is 3.21. The van der Waals surface area contributed by atoms with Crippen LogP contribution in [0.2, 0.25) is 0 Å². The molecule has 108 valence electrons. The highest BCUT2D eigenvalue weighted by Crippen LogP contribution is 2.21. The van der Waals surface area contributed by atoms with Gasteiger partial charge in [0.2, 0.25) is 0 Å². The van der Waals surface area contributed by atoms with E-state index in [9.17, 15) is 9.59 Å². The van der Waals surface area contributed by atoms with Crippen LogP contribution in [0.25, 0.3) is 0 Å². The van der Waals surface area contributed by atoms with E-state index in [1.165, 1.54) is 12.1 Å². The number of carbonyl (C=O) groups is 2. The highest BCUT2D eigenvalue weighted by molar-refractivity contribution is 5.96. The van der Waals surface area contributed by atoms with Crippen LogP contribution in [-0.2, 0) is 4.79 Å². The van der Waals surface area contributed by atoms with Crippen LogP contribution in [0, 0.1) is 0 Å². The summed E-state index contributed by atoms with van der Waals surface area (Å²) in [6, 6.07) is 4.57. The molecule has 1 aromatic rings. The van der Waals surface area contributed by atoms with Crippen LogP contribution in [0.4, 0.5) is 5.69 Å². The minimum absolute atomic E-state index is 0.0810. The van der Waals surface area contributed by atoms with Crippen molar-refractivity contribution < 1.29 is 14.3 Å². The number of anilines is 1. The number of nitrogen functional groups attached to an aromatic ring is 1. The molecule has 0 unspecified atom stereocenters. The minimum atomic E-state index is -0.606. The van der Waals surface area contributed by atoms with Crippen molar-refractivity contribution in [3.8, 4) is 5.75 Å². The standard InChI is InChI=1S/C14H19N3O3/c15-10-4-5-11(14(16)19)12(8-10)20-9-13(18)17-6-2-1-3-7-17/h4-5,8H,1-3,6-7,9,15H2,(H2,16,19). The lowest BCUT2D eigenvalue weighted by molar-refractivity contribution is -0.134. The van der Waals surface area contributed by atoms with Gasteiger partial charge in [0.1, 0.15) is 5.75 Å². The second-order valence-electron chi connectivity index (χ2n) is 4.85. The van der Waals surface area contributed by atoms with Gasteiger partial charge in [-0.05, 0) is 31.4 Å². The molecule has 0 radical (unpaired) electrons. The van der Waals surface area contributed by atoms with Crippen LogP contribution < -0.4 is 16.2 Å². The molecule has 0 aliphatic carbocycles. The van der Waals surface area contributed by atoms with Gasteiger partial charge in [-0.25, -0.2) is 0 Å². The van der Waals surface area contributed by atoms with Crippen molar-refractivity contribution in [2.24, 2.45) is 5.73 Å². The summed E-state index contributed by atoms with van der Waals surface area (Å²) in [6.45, 7) is 1.42. The molecule has 1 heterocycles. The number of likely N-dealkylation sites (tertiary alicyclic amines) is 1. The number of amides is 2. The van der Waals surface area contributed by atoms with Crippen LogP contribution >= 0.6 is 0 Å². The van der Waals surface area contributed by atoms with Crippen molar-refractivity contribution in [3.05, 3.63) is 23.8 Å². The highest BCUT2D eigenvalue weighted by atomic mass is 16.5. The summed E-state index contributed by atoms with van der Waals surface area (Å²) in [5, 5.41) is 0. The fraction of sp³-hybridized carbons (Fsp3) is 0.429. The van der Waals surface area contributed by atoms with Gasteiger partial charge in [0.25, 0.3) is 11.8 Å². The van der Waals surface area contributed by atoms with E-state index in [-0.39, 0.29) is 23.8 Å². The first-order chi connectivity index (χ1) is 9.58. The predicted molar refractivity (Wildman–Crippen MR) is 75.3 cm³/mol. The molecule has 0 bridgehead atoms. The average Bonchev–Trinajstić information content (AvgIpc) is 2.45. The number of piperidine rings is 1. The molecular weight excluding hydrogens is 258 g/mol. The van der Waals surface area contributed by atoms with Gasteiger partial charge in [0.05, 0.1) is 5.56 Å². The first kappa shape index (κ1) is 14.2. The summed E-state index contributed by atoms with van der Waals surface area (Å²) < 4.78 is 5.42. The summed E-state index contributed by atoms with van der Waals surface area (Å²) in [7, 11) is 0. The maximum Gasteiger partial charge on any atom is 0.260 e. The number of hydrogen-bond acceptors (Lipinski definition) is 4. The molecule has 1 aliphatic rings. The number of carbonyl (C=O) groups excluding carboxylic acids is 2. The maximum absolute atomic E-state index is 12.0. The number of ether oxygens (including phenoxy) is 1. The van der Waals surface area contributed by atoms with Gasteiger partial charge in [-0.2, -0.15) is 0 Å². The molecule has 2 amide bonds. The second-order valence-corrected chi connectivity index (χ2v) is 4.85. The van der Waals surface area contributed by atoms with Crippen LogP contribution in [0.1, 0.15) is 29.6 Å². The summed E-state index contributed by atoms with van der Waals surface area (Å²) in [5.74, 6) is -0.434. The van der Waals surface area contributed by atoms with E-state index in [4.69, 9.17) is 16.2 Å². The molecule has 0 spiro atoms. The Hall–Kier alpha value is -2.24. The van der Waals surface area contributed by atoms with Gasteiger partial charge >= 0.3 is 0 Å². The first-order valence-electron chi connectivity index (χ1n) is 6.68. The number of hydrogen-bond donors (Lipinski definition) is 2. The Bertz CT molecular complexity index is 510. The molecule has 0 aromatic heterocycles. The number of benzene rings is 1. The fourth-order valence-electron chi connectivity index (χ4n) is 2.24. The SMILES string of the molecule is NC(=O)c1ccc(N)cc1OCC(=O)N1CCCCC1. The van der Waals surface area contributed by atoms with E-state index in [1.807, 2.05) is 0 Å². The summed E-state index contributed by atoms with van der Waals surface area (Å²) in [4.78, 5) is 25.1. The molecular formula is C14H19N3O3. The van der Waals surface area contributed by atoms with Crippen LogP contribution in [0.5, 0.6) is 5.75 Å². The van der Waals surface area contributed by atoms with Crippen molar-refractivity contribution in [2.45, 2.75) is 19.3 Å². The second kappa shape index (κ2) is 6.27. The third-order valence-corrected chi connectivity index (χ3v) is 3.33. The van der Waals surface area contributed by atoms with Crippen molar-refractivity contribution >= 4 is 17.5 Å². The third-order valence-electron chi connectivity index (χ3n) is 3.33. The zero-order valence-electron chi connectivity index (χ0n) is 11.3. The fourth-order valence-corrected chi connectivity index (χ4v) is 2.24. The van der Waals surface area contributed by atoms with Crippen molar-refractivity contribution in [1.82, 2.24) is 4.90 Å². The van der Waals surface area contributed by atoms with Gasteiger partial charge in [0, 0.05) is 24.8 Å². The number of nitrogens with zero attached hydrogens (tertiary/aromatic N) is 1. The van der Waals surface area contributed by atoms with E-state index >= 15 is 0 Å². The van der Waals surface area contributed by atoms with Crippen molar-refractivity contribution in [3.63, 3.8) is 0 Å². The average molecular weight is 277 g/mol. The molecule has 1 aromatic carbocycles. The van der Waals surface area contributed by atoms with Gasteiger partial charge in [-0.1, -0.05) is 0 Å². The Labute approximate surface area is 117 Å². The van der Waals surface area contributed by atoms with Crippen LogP contribution in [0.15, 0.2) is 18.2 Å². The van der Waals surface area contributed by atoms with Crippen molar-refractivity contribution in [2.75, 3.05) is 25.4 Å². The van der Waals surface area contributed by atoms with Crippen LogP contribution in [0.3, 0.4) is 0 Å². The largest absolute Gasteiger partial charge is 0.483 e. The lowest BCUT2D eigenvalue weighted by atomic mass is 10.1. The lowest BCUT2D eigenvalue weighted by Gasteiger charge is -2.26. The van der Waals surface area contributed by atoms with E-state index in [1.54, 1.807) is 11.0 Å². The molecule has 6 heteroatoms. The molecule has 6 nitrogen and oxygen atoms in total. The maximum atomic E-state index is 12.0. The highest BCUT2D eigenvalue weighted by Gasteiger charge is 2.18. The Balaban J connectivity index is 2.01. The van der Waals surface area contributed by atoms with E-state index in [0.29, 0.717) is 5.69 Å². The molecule has 2 rings (SSSR count). The predicted octanol–water partition coefficient (Wildman–Crippen LogP) is 0.759. The van der Waals surface area contributed by atoms with Gasteiger partial charge in [-0.3, -0.25) is 9.59 Å². The minimum Gasteiger partial charge on any atom is -0.483 e. The topological polar surface area (TPSA) is 98.6 Å². The summed E-state index contributed by atoms with van der Waals surface area (Å²) >= 11 is 0. The zero-order chi connectivity index (χ0) is 14.5. The summed E-state index contributed by atoms with van der Waals surface area (Å²) in [5.41, 5.74) is 11.6. The first-order valence-corrected chi connectivity index (χ1v) is 6.68. The Morgan fingerprint density at radius 2 is 1.90 bits per heavy atom. The molecule has 0 saturated carbocycles. The molecule has 1 aliphatic heterocycles. The smallest absolute Gasteiger partial charge is 0.260 e.